The SMILES string of the molecule is CCNC1(C(N)=O)CCCC1CCSc1ncn[nH]1. The van der Waals surface area contributed by atoms with Crippen molar-refractivity contribution >= 4 is 17.7 Å². The van der Waals surface area contributed by atoms with E-state index in [0.717, 1.165) is 43.1 Å². The van der Waals surface area contributed by atoms with E-state index in [9.17, 15) is 4.79 Å². The molecule has 2 unspecified atom stereocenters. The summed E-state index contributed by atoms with van der Waals surface area (Å²) in [5.74, 6) is 1.03. The molecule has 0 radical (unpaired) electrons. The Morgan fingerprint density at radius 1 is 1.74 bits per heavy atom. The van der Waals surface area contributed by atoms with Gasteiger partial charge in [0, 0.05) is 5.75 Å². The molecule has 106 valence electrons. The van der Waals surface area contributed by atoms with Gasteiger partial charge in [-0.1, -0.05) is 25.1 Å². The minimum atomic E-state index is -0.503. The van der Waals surface area contributed by atoms with Crippen LogP contribution in [0.3, 0.4) is 0 Å². The lowest BCUT2D eigenvalue weighted by atomic mass is 9.84. The van der Waals surface area contributed by atoms with Crippen molar-refractivity contribution in [3.8, 4) is 0 Å². The predicted octanol–water partition coefficient (Wildman–Crippen LogP) is 0.921. The van der Waals surface area contributed by atoms with Gasteiger partial charge in [0.05, 0.1) is 0 Å². The fourth-order valence-electron chi connectivity index (χ4n) is 2.99. The van der Waals surface area contributed by atoms with Crippen LogP contribution >= 0.6 is 11.8 Å². The lowest BCUT2D eigenvalue weighted by molar-refractivity contribution is -0.125. The van der Waals surface area contributed by atoms with Crippen molar-refractivity contribution in [3.05, 3.63) is 6.33 Å². The largest absolute Gasteiger partial charge is 0.368 e. The molecule has 1 aromatic heterocycles. The van der Waals surface area contributed by atoms with Crippen molar-refractivity contribution in [1.29, 1.82) is 0 Å². The zero-order chi connectivity index (χ0) is 13.7. The van der Waals surface area contributed by atoms with E-state index >= 15 is 0 Å². The van der Waals surface area contributed by atoms with E-state index in [1.807, 2.05) is 6.92 Å². The molecule has 1 aromatic rings. The third-order valence-electron chi connectivity index (χ3n) is 3.85. The number of nitrogens with zero attached hydrogens (tertiary/aromatic N) is 2. The fraction of sp³-hybridized carbons (Fsp3) is 0.750. The van der Waals surface area contributed by atoms with Crippen LogP contribution in [0.2, 0.25) is 0 Å². The minimum absolute atomic E-state index is 0.207. The van der Waals surface area contributed by atoms with Crippen LogP contribution in [0, 0.1) is 5.92 Å². The van der Waals surface area contributed by atoms with Gasteiger partial charge in [0.15, 0.2) is 5.16 Å². The van der Waals surface area contributed by atoms with Gasteiger partial charge in [0.2, 0.25) is 5.91 Å². The topological polar surface area (TPSA) is 96.7 Å². The van der Waals surface area contributed by atoms with Gasteiger partial charge in [-0.25, -0.2) is 4.98 Å². The molecule has 1 aliphatic carbocycles. The predicted molar refractivity (Wildman–Crippen MR) is 74.7 cm³/mol. The molecule has 1 heterocycles. The highest BCUT2D eigenvalue weighted by atomic mass is 32.2. The van der Waals surface area contributed by atoms with Crippen molar-refractivity contribution in [2.45, 2.75) is 43.3 Å². The Morgan fingerprint density at radius 3 is 3.21 bits per heavy atom. The second-order valence-electron chi connectivity index (χ2n) is 4.88. The summed E-state index contributed by atoms with van der Waals surface area (Å²) >= 11 is 1.64. The molecule has 6 nitrogen and oxygen atoms in total. The van der Waals surface area contributed by atoms with Gasteiger partial charge in [0.25, 0.3) is 0 Å². The zero-order valence-corrected chi connectivity index (χ0v) is 12.0. The lowest BCUT2D eigenvalue weighted by Crippen LogP contribution is -2.57. The Labute approximate surface area is 117 Å². The second-order valence-corrected chi connectivity index (χ2v) is 5.97. The molecule has 0 spiro atoms. The van der Waals surface area contributed by atoms with Gasteiger partial charge < -0.3 is 11.1 Å². The van der Waals surface area contributed by atoms with E-state index in [1.54, 1.807) is 11.8 Å². The lowest BCUT2D eigenvalue weighted by Gasteiger charge is -2.33. The highest BCUT2D eigenvalue weighted by Crippen LogP contribution is 2.38. The summed E-state index contributed by atoms with van der Waals surface area (Å²) in [6.07, 6.45) is 5.44. The molecule has 0 bridgehead atoms. The van der Waals surface area contributed by atoms with Gasteiger partial charge in [-0.2, -0.15) is 5.10 Å². The molecule has 0 saturated heterocycles. The van der Waals surface area contributed by atoms with Gasteiger partial charge in [-0.3, -0.25) is 9.89 Å². The van der Waals surface area contributed by atoms with Crippen LogP contribution in [0.15, 0.2) is 11.5 Å². The van der Waals surface area contributed by atoms with Crippen LogP contribution in [0.4, 0.5) is 0 Å². The molecule has 7 heteroatoms. The summed E-state index contributed by atoms with van der Waals surface area (Å²) in [4.78, 5) is 15.9. The van der Waals surface area contributed by atoms with Crippen LogP contribution in [0.25, 0.3) is 0 Å². The molecular formula is C12H21N5OS. The number of nitrogens with two attached hydrogens (primary N) is 1. The number of hydrogen-bond acceptors (Lipinski definition) is 5. The molecule has 4 N–H and O–H groups in total. The van der Waals surface area contributed by atoms with Crippen LogP contribution in [-0.4, -0.2) is 38.9 Å². The molecule has 19 heavy (non-hydrogen) atoms. The number of carbonyl (C=O) groups excluding carboxylic acids is 1. The van der Waals surface area contributed by atoms with E-state index in [1.165, 1.54) is 6.33 Å². The first kappa shape index (κ1) is 14.3. The number of rotatable bonds is 7. The van der Waals surface area contributed by atoms with Crippen LogP contribution < -0.4 is 11.1 Å². The smallest absolute Gasteiger partial charge is 0.238 e. The molecular weight excluding hydrogens is 262 g/mol. The third kappa shape index (κ3) is 3.09. The Kier molecular flexibility index (Phi) is 4.81. The van der Waals surface area contributed by atoms with Crippen LogP contribution in [0.1, 0.15) is 32.6 Å². The average molecular weight is 283 g/mol. The normalized spacial score (nSPS) is 26.7. The molecule has 1 saturated carbocycles. The second kappa shape index (κ2) is 6.38. The van der Waals surface area contributed by atoms with Crippen molar-refractivity contribution in [1.82, 2.24) is 20.5 Å². The number of carbonyl (C=O) groups is 1. The number of thioether (sulfide) groups is 1. The maximum Gasteiger partial charge on any atom is 0.238 e. The molecule has 1 fully saturated rings. The number of aromatic nitrogens is 3. The molecule has 2 atom stereocenters. The summed E-state index contributed by atoms with van der Waals surface area (Å²) in [7, 11) is 0. The van der Waals surface area contributed by atoms with E-state index in [4.69, 9.17) is 5.73 Å². The van der Waals surface area contributed by atoms with Gasteiger partial charge >= 0.3 is 0 Å². The number of hydrogen-bond donors (Lipinski definition) is 3. The standard InChI is InChI=1S/C12H21N5OS/c1-2-15-12(10(13)18)6-3-4-9(12)5-7-19-11-14-8-16-17-11/h8-9,15H,2-7H2,1H3,(H2,13,18)(H,14,16,17). The molecule has 2 rings (SSSR count). The summed E-state index contributed by atoms with van der Waals surface area (Å²) < 4.78 is 0. The Balaban J connectivity index is 1.92. The van der Waals surface area contributed by atoms with E-state index in [0.29, 0.717) is 5.92 Å². The van der Waals surface area contributed by atoms with Crippen molar-refractivity contribution < 1.29 is 4.79 Å². The van der Waals surface area contributed by atoms with Gasteiger partial charge in [-0.15, -0.1) is 0 Å². The molecule has 0 aliphatic heterocycles. The first-order valence-corrected chi connectivity index (χ1v) is 7.70. The Morgan fingerprint density at radius 2 is 2.58 bits per heavy atom. The fourth-order valence-corrected chi connectivity index (χ4v) is 3.82. The minimum Gasteiger partial charge on any atom is -0.368 e. The first-order valence-electron chi connectivity index (χ1n) is 6.72. The quantitative estimate of drug-likeness (QED) is 0.647. The van der Waals surface area contributed by atoms with Gasteiger partial charge in [0.1, 0.15) is 11.9 Å². The summed E-state index contributed by atoms with van der Waals surface area (Å²) in [6.45, 7) is 2.79. The third-order valence-corrected chi connectivity index (χ3v) is 4.76. The summed E-state index contributed by atoms with van der Waals surface area (Å²) in [5.41, 5.74) is 5.14. The van der Waals surface area contributed by atoms with Crippen LogP contribution in [0.5, 0.6) is 0 Å². The Bertz CT molecular complexity index is 410. The number of amides is 1. The monoisotopic (exact) mass is 283 g/mol. The number of likely N-dealkylation sites (N-methyl/N-ethyl adjacent to an activating group) is 1. The molecule has 1 aliphatic rings. The number of nitrogens with one attached hydrogen (secondary N) is 2. The van der Waals surface area contributed by atoms with E-state index in [2.05, 4.69) is 20.5 Å². The zero-order valence-electron chi connectivity index (χ0n) is 11.2. The van der Waals surface area contributed by atoms with Crippen molar-refractivity contribution in [3.63, 3.8) is 0 Å². The Hall–Kier alpha value is -1.08. The number of aromatic amines is 1. The highest BCUT2D eigenvalue weighted by Gasteiger charge is 2.46. The van der Waals surface area contributed by atoms with Crippen molar-refractivity contribution in [2.75, 3.05) is 12.3 Å². The number of primary amides is 1. The summed E-state index contributed by atoms with van der Waals surface area (Å²) in [5, 5.41) is 10.8. The number of H-pyrrole nitrogens is 1. The average Bonchev–Trinajstić information content (AvgIpc) is 3.01. The van der Waals surface area contributed by atoms with E-state index in [-0.39, 0.29) is 5.91 Å². The molecule has 1 amide bonds. The highest BCUT2D eigenvalue weighted by molar-refractivity contribution is 7.99. The van der Waals surface area contributed by atoms with Crippen LogP contribution in [-0.2, 0) is 4.79 Å². The summed E-state index contributed by atoms with van der Waals surface area (Å²) in [6, 6.07) is 0. The van der Waals surface area contributed by atoms with E-state index < -0.39 is 5.54 Å². The molecule has 0 aromatic carbocycles. The van der Waals surface area contributed by atoms with Gasteiger partial charge in [-0.05, 0) is 31.7 Å². The first-order chi connectivity index (χ1) is 9.19. The van der Waals surface area contributed by atoms with Crippen molar-refractivity contribution in [2.24, 2.45) is 11.7 Å². The maximum atomic E-state index is 11.8. The maximum absolute atomic E-state index is 11.8.